The van der Waals surface area contributed by atoms with Crippen LogP contribution in [0.25, 0.3) is 0 Å². The molecule has 39 heavy (non-hydrogen) atoms. The van der Waals surface area contributed by atoms with Crippen LogP contribution in [0, 0.1) is 17.8 Å². The van der Waals surface area contributed by atoms with Gasteiger partial charge in [-0.1, -0.05) is 54.0 Å². The van der Waals surface area contributed by atoms with E-state index in [0.29, 0.717) is 30.2 Å². The van der Waals surface area contributed by atoms with E-state index in [2.05, 4.69) is 0 Å². The summed E-state index contributed by atoms with van der Waals surface area (Å²) < 4.78 is 16.6. The van der Waals surface area contributed by atoms with Crippen molar-refractivity contribution in [3.8, 4) is 11.5 Å². The minimum Gasteiger partial charge on any atom is -0.480 e. The van der Waals surface area contributed by atoms with Gasteiger partial charge in [0.15, 0.2) is 11.5 Å². The van der Waals surface area contributed by atoms with Crippen LogP contribution in [0.4, 0.5) is 0 Å². The van der Waals surface area contributed by atoms with Crippen molar-refractivity contribution < 1.29 is 38.5 Å². The molecule has 0 radical (unpaired) electrons. The number of rotatable bonds is 17. The smallest absolute Gasteiger partial charge is 0.321 e. The van der Waals surface area contributed by atoms with Crippen LogP contribution in [-0.4, -0.2) is 41.1 Å². The van der Waals surface area contributed by atoms with Gasteiger partial charge in [0, 0.05) is 25.2 Å². The molecule has 0 aliphatic rings. The van der Waals surface area contributed by atoms with E-state index in [4.69, 9.17) is 19.9 Å². The Morgan fingerprint density at radius 1 is 0.846 bits per heavy atom. The average Bonchev–Trinajstić information content (AvgIpc) is 2.85. The summed E-state index contributed by atoms with van der Waals surface area (Å²) in [6.45, 7) is 13.6. The number of hydrogen-bond donors (Lipinski definition) is 2. The number of esters is 3. The van der Waals surface area contributed by atoms with E-state index in [0.717, 1.165) is 6.42 Å². The Morgan fingerprint density at radius 3 is 1.87 bits per heavy atom. The number of carbonyl (C=O) groups is 4. The molecular weight excluding hydrogens is 502 g/mol. The Hall–Kier alpha value is -2.94. The Kier molecular flexibility index (Phi) is 14.8. The van der Waals surface area contributed by atoms with Gasteiger partial charge in [0.1, 0.15) is 6.04 Å². The number of aliphatic carboxylic acids is 1. The van der Waals surface area contributed by atoms with Crippen molar-refractivity contribution in [2.75, 3.05) is 0 Å². The molecule has 0 amide bonds. The molecule has 3 unspecified atom stereocenters. The highest BCUT2D eigenvalue weighted by Crippen LogP contribution is 2.35. The van der Waals surface area contributed by atoms with Crippen LogP contribution in [0.2, 0.25) is 0 Å². The second-order valence-electron chi connectivity index (χ2n) is 11.2. The lowest BCUT2D eigenvalue weighted by atomic mass is 9.87. The first-order chi connectivity index (χ1) is 18.2. The maximum atomic E-state index is 12.6. The number of hydrogen-bond acceptors (Lipinski definition) is 8. The van der Waals surface area contributed by atoms with E-state index in [9.17, 15) is 24.3 Å². The van der Waals surface area contributed by atoms with Gasteiger partial charge in [0.05, 0.1) is 6.10 Å². The number of nitrogens with two attached hydrogens (primary N) is 1. The number of benzene rings is 1. The molecule has 0 saturated heterocycles. The fraction of sp³-hybridized carbons (Fsp3) is 0.667. The van der Waals surface area contributed by atoms with Gasteiger partial charge in [-0.25, -0.2) is 0 Å². The van der Waals surface area contributed by atoms with Crippen molar-refractivity contribution in [2.45, 2.75) is 111 Å². The van der Waals surface area contributed by atoms with Crippen LogP contribution in [0.15, 0.2) is 18.2 Å². The topological polar surface area (TPSA) is 142 Å². The maximum Gasteiger partial charge on any atom is 0.321 e. The van der Waals surface area contributed by atoms with Crippen molar-refractivity contribution in [1.29, 1.82) is 0 Å². The summed E-state index contributed by atoms with van der Waals surface area (Å²) in [5.41, 5.74) is 6.52. The molecular formula is C30H47NO8. The Labute approximate surface area is 232 Å². The molecule has 0 spiro atoms. The number of ether oxygens (including phenoxy) is 3. The van der Waals surface area contributed by atoms with Gasteiger partial charge in [-0.15, -0.1) is 0 Å². The molecule has 3 N–H and O–H groups in total. The largest absolute Gasteiger partial charge is 0.480 e. The predicted molar refractivity (Wildman–Crippen MR) is 148 cm³/mol. The zero-order chi connectivity index (χ0) is 29.7. The van der Waals surface area contributed by atoms with Crippen molar-refractivity contribution in [3.05, 3.63) is 23.8 Å². The van der Waals surface area contributed by atoms with Crippen LogP contribution < -0.4 is 15.2 Å². The lowest BCUT2D eigenvalue weighted by molar-refractivity contribution is -0.150. The Balaban J connectivity index is 3.28. The summed E-state index contributed by atoms with van der Waals surface area (Å²) in [4.78, 5) is 49.2. The van der Waals surface area contributed by atoms with E-state index < -0.39 is 36.0 Å². The zero-order valence-electron chi connectivity index (χ0n) is 24.5. The molecule has 9 heteroatoms. The molecule has 4 atom stereocenters. The molecule has 1 aromatic carbocycles. The first-order valence-corrected chi connectivity index (χ1v) is 14.0. The van der Waals surface area contributed by atoms with Crippen molar-refractivity contribution >= 4 is 23.9 Å². The van der Waals surface area contributed by atoms with Crippen LogP contribution in [0.1, 0.15) is 105 Å². The van der Waals surface area contributed by atoms with E-state index in [1.54, 1.807) is 13.0 Å². The first kappa shape index (κ1) is 34.1. The lowest BCUT2D eigenvalue weighted by Crippen LogP contribution is -2.38. The van der Waals surface area contributed by atoms with Gasteiger partial charge in [-0.05, 0) is 61.6 Å². The van der Waals surface area contributed by atoms with E-state index in [1.165, 1.54) is 12.1 Å². The van der Waals surface area contributed by atoms with E-state index in [-0.39, 0.29) is 49.1 Å². The van der Waals surface area contributed by atoms with Crippen molar-refractivity contribution in [1.82, 2.24) is 0 Å². The van der Waals surface area contributed by atoms with Crippen LogP contribution >= 0.6 is 0 Å². The minimum atomic E-state index is -1.32. The summed E-state index contributed by atoms with van der Waals surface area (Å²) in [6, 6.07) is 3.25. The molecule has 0 saturated carbocycles. The number of carbonyl (C=O) groups excluding carboxylic acids is 3. The second kappa shape index (κ2) is 16.9. The summed E-state index contributed by atoms with van der Waals surface area (Å²) in [7, 11) is 0. The quantitative estimate of drug-likeness (QED) is 0.187. The third-order valence-electron chi connectivity index (χ3n) is 6.54. The molecule has 9 nitrogen and oxygen atoms in total. The normalized spacial score (nSPS) is 14.4. The van der Waals surface area contributed by atoms with Gasteiger partial charge in [0.25, 0.3) is 0 Å². The second-order valence-corrected chi connectivity index (χ2v) is 11.2. The summed E-state index contributed by atoms with van der Waals surface area (Å²) in [5, 5.41) is 9.69. The third kappa shape index (κ3) is 13.1. The van der Waals surface area contributed by atoms with Gasteiger partial charge >= 0.3 is 23.9 Å². The standard InChI is InChI=1S/C30H47NO8/c1-8-20(6)15-28(34)37-21(7)16-23(29(31)30(35)36)22-11-12-24(38-26(32)13-9-18(2)3)25(17-22)39-27(33)14-10-19(4)5/h11-12,17-21,23,29H,8-10,13-16,31H2,1-7H3,(H,35,36)/t20?,21?,23?,29-/m0/s1. The first-order valence-electron chi connectivity index (χ1n) is 14.0. The lowest BCUT2D eigenvalue weighted by Gasteiger charge is -2.25. The van der Waals surface area contributed by atoms with Crippen molar-refractivity contribution in [2.24, 2.45) is 23.5 Å². The third-order valence-corrected chi connectivity index (χ3v) is 6.54. The Morgan fingerprint density at radius 2 is 1.38 bits per heavy atom. The number of carboxylic acid groups (broad SMARTS) is 1. The zero-order valence-corrected chi connectivity index (χ0v) is 24.5. The molecule has 0 heterocycles. The summed E-state index contributed by atoms with van der Waals surface area (Å²) >= 11 is 0. The SMILES string of the molecule is CCC(C)CC(=O)OC(C)CC(c1ccc(OC(=O)CCC(C)C)c(OC(=O)CCC(C)C)c1)[C@H](N)C(=O)O. The highest BCUT2D eigenvalue weighted by Gasteiger charge is 2.30. The van der Waals surface area contributed by atoms with Gasteiger partial charge in [-0.2, -0.15) is 0 Å². The number of carboxylic acids is 1. The van der Waals surface area contributed by atoms with Gasteiger partial charge < -0.3 is 25.1 Å². The molecule has 0 fully saturated rings. The monoisotopic (exact) mass is 549 g/mol. The molecule has 0 aliphatic heterocycles. The molecule has 1 aromatic rings. The Bertz CT molecular complexity index is 958. The van der Waals surface area contributed by atoms with Gasteiger partial charge in [0.2, 0.25) is 0 Å². The minimum absolute atomic E-state index is 0.0168. The summed E-state index contributed by atoms with van der Waals surface area (Å²) in [6.07, 6.45) is 2.26. The van der Waals surface area contributed by atoms with Crippen LogP contribution in [0.3, 0.4) is 0 Å². The van der Waals surface area contributed by atoms with E-state index >= 15 is 0 Å². The van der Waals surface area contributed by atoms with Crippen LogP contribution in [0.5, 0.6) is 11.5 Å². The average molecular weight is 550 g/mol. The van der Waals surface area contributed by atoms with E-state index in [1.807, 2.05) is 41.5 Å². The summed E-state index contributed by atoms with van der Waals surface area (Å²) in [5.74, 6) is -2.45. The molecule has 1 rings (SSSR count). The fourth-order valence-electron chi connectivity index (χ4n) is 3.85. The maximum absolute atomic E-state index is 12.6. The fourth-order valence-corrected chi connectivity index (χ4v) is 3.85. The molecule has 220 valence electrons. The van der Waals surface area contributed by atoms with Crippen LogP contribution in [-0.2, 0) is 23.9 Å². The van der Waals surface area contributed by atoms with Gasteiger partial charge in [-0.3, -0.25) is 19.2 Å². The predicted octanol–water partition coefficient (Wildman–Crippen LogP) is 5.62. The van der Waals surface area contributed by atoms with Crippen molar-refractivity contribution in [3.63, 3.8) is 0 Å². The molecule has 0 aromatic heterocycles. The highest BCUT2D eigenvalue weighted by molar-refractivity contribution is 5.77. The molecule has 0 bridgehead atoms. The highest BCUT2D eigenvalue weighted by atomic mass is 16.6. The molecule has 0 aliphatic carbocycles.